The number of benzene rings is 1. The van der Waals surface area contributed by atoms with Crippen LogP contribution in [0, 0.1) is 0 Å². The van der Waals surface area contributed by atoms with Crippen LogP contribution in [0.5, 0.6) is 11.5 Å². The van der Waals surface area contributed by atoms with Crippen LogP contribution in [0.15, 0.2) is 41.0 Å². The number of rotatable bonds is 5. The molecule has 22 heavy (non-hydrogen) atoms. The maximum atomic E-state index is 12.6. The highest BCUT2D eigenvalue weighted by molar-refractivity contribution is 5.79. The molecule has 0 spiro atoms. The van der Waals surface area contributed by atoms with E-state index in [2.05, 4.69) is 0 Å². The van der Waals surface area contributed by atoms with E-state index >= 15 is 0 Å². The van der Waals surface area contributed by atoms with E-state index in [0.717, 1.165) is 29.9 Å². The fourth-order valence-electron chi connectivity index (χ4n) is 2.70. The molecule has 4 rings (SSSR count). The third-order valence-electron chi connectivity index (χ3n) is 4.01. The molecule has 0 N–H and O–H groups in total. The Labute approximate surface area is 128 Å². The molecule has 2 aliphatic rings. The van der Waals surface area contributed by atoms with Crippen molar-refractivity contribution in [3.05, 3.63) is 47.9 Å². The lowest BCUT2D eigenvalue weighted by Gasteiger charge is -2.21. The first-order valence-corrected chi connectivity index (χ1v) is 7.50. The largest absolute Gasteiger partial charge is 0.467 e. The molecule has 0 bridgehead atoms. The second kappa shape index (κ2) is 5.40. The van der Waals surface area contributed by atoms with E-state index in [1.54, 1.807) is 6.26 Å². The standard InChI is InChI=1S/C17H17NO4/c19-17(9-12-3-6-15-16(8-12)22-11-21-15)18(13-4-5-13)10-14-2-1-7-20-14/h1-3,6-8,13H,4-5,9-11H2. The molecule has 1 aromatic carbocycles. The molecule has 5 heteroatoms. The minimum absolute atomic E-state index is 0.123. The predicted molar refractivity (Wildman–Crippen MR) is 78.5 cm³/mol. The number of hydrogen-bond acceptors (Lipinski definition) is 4. The van der Waals surface area contributed by atoms with Crippen molar-refractivity contribution in [2.24, 2.45) is 0 Å². The molecule has 0 atom stereocenters. The van der Waals surface area contributed by atoms with Crippen molar-refractivity contribution in [2.45, 2.75) is 31.8 Å². The van der Waals surface area contributed by atoms with E-state index in [4.69, 9.17) is 13.9 Å². The number of carbonyl (C=O) groups excluding carboxylic acids is 1. The van der Waals surface area contributed by atoms with E-state index in [9.17, 15) is 4.79 Å². The van der Waals surface area contributed by atoms with Crippen LogP contribution < -0.4 is 9.47 Å². The fraction of sp³-hybridized carbons (Fsp3) is 0.353. The highest BCUT2D eigenvalue weighted by Gasteiger charge is 2.33. The van der Waals surface area contributed by atoms with Gasteiger partial charge in [0.2, 0.25) is 12.7 Å². The molecule has 0 unspecified atom stereocenters. The fourth-order valence-corrected chi connectivity index (χ4v) is 2.70. The van der Waals surface area contributed by atoms with Gasteiger partial charge in [0.05, 0.1) is 19.2 Å². The van der Waals surface area contributed by atoms with Gasteiger partial charge in [0.15, 0.2) is 11.5 Å². The summed E-state index contributed by atoms with van der Waals surface area (Å²) in [6, 6.07) is 9.78. The number of furan rings is 1. The summed E-state index contributed by atoms with van der Waals surface area (Å²) in [5, 5.41) is 0. The highest BCUT2D eigenvalue weighted by atomic mass is 16.7. The molecule has 1 aromatic heterocycles. The third-order valence-corrected chi connectivity index (χ3v) is 4.01. The molecule has 1 aliphatic carbocycles. The van der Waals surface area contributed by atoms with Crippen molar-refractivity contribution < 1.29 is 18.7 Å². The predicted octanol–water partition coefficient (Wildman–Crippen LogP) is 2.74. The lowest BCUT2D eigenvalue weighted by atomic mass is 10.1. The van der Waals surface area contributed by atoms with E-state index < -0.39 is 0 Å². The number of carbonyl (C=O) groups is 1. The lowest BCUT2D eigenvalue weighted by molar-refractivity contribution is -0.131. The summed E-state index contributed by atoms with van der Waals surface area (Å²) in [5.74, 6) is 2.41. The molecule has 114 valence electrons. The van der Waals surface area contributed by atoms with E-state index in [-0.39, 0.29) is 12.7 Å². The van der Waals surface area contributed by atoms with Gasteiger partial charge in [0.25, 0.3) is 0 Å². The van der Waals surface area contributed by atoms with Crippen molar-refractivity contribution in [1.82, 2.24) is 4.90 Å². The summed E-state index contributed by atoms with van der Waals surface area (Å²) < 4.78 is 16.0. The second-order valence-electron chi connectivity index (χ2n) is 5.70. The summed E-state index contributed by atoms with van der Waals surface area (Å²) in [6.45, 7) is 0.792. The maximum Gasteiger partial charge on any atom is 0.231 e. The van der Waals surface area contributed by atoms with E-state index in [1.807, 2.05) is 35.2 Å². The molecule has 2 heterocycles. The van der Waals surface area contributed by atoms with E-state index in [0.29, 0.717) is 24.8 Å². The van der Waals surface area contributed by atoms with Crippen LogP contribution in [0.25, 0.3) is 0 Å². The van der Waals surface area contributed by atoms with Crippen LogP contribution in [0.1, 0.15) is 24.2 Å². The first kappa shape index (κ1) is 13.2. The third kappa shape index (κ3) is 2.66. The molecule has 1 amide bonds. The van der Waals surface area contributed by atoms with Crippen molar-refractivity contribution in [3.8, 4) is 11.5 Å². The first-order valence-electron chi connectivity index (χ1n) is 7.50. The van der Waals surface area contributed by atoms with Crippen LogP contribution in [0.4, 0.5) is 0 Å². The molecule has 0 radical (unpaired) electrons. The van der Waals surface area contributed by atoms with Gasteiger partial charge in [-0.2, -0.15) is 0 Å². The van der Waals surface area contributed by atoms with E-state index in [1.165, 1.54) is 0 Å². The second-order valence-corrected chi connectivity index (χ2v) is 5.70. The summed E-state index contributed by atoms with van der Waals surface area (Å²) in [6.07, 6.45) is 4.16. The van der Waals surface area contributed by atoms with Crippen molar-refractivity contribution in [3.63, 3.8) is 0 Å². The van der Waals surface area contributed by atoms with Crippen LogP contribution in [-0.2, 0) is 17.8 Å². The summed E-state index contributed by atoms with van der Waals surface area (Å²) in [5.41, 5.74) is 0.944. The van der Waals surface area contributed by atoms with Gasteiger partial charge in [0, 0.05) is 6.04 Å². The zero-order valence-corrected chi connectivity index (χ0v) is 12.2. The minimum atomic E-state index is 0.123. The molecule has 1 saturated carbocycles. The molecule has 1 fully saturated rings. The Balaban J connectivity index is 1.47. The maximum absolute atomic E-state index is 12.6. The van der Waals surface area contributed by atoms with Crippen molar-refractivity contribution in [1.29, 1.82) is 0 Å². The molecular weight excluding hydrogens is 282 g/mol. The normalized spacial score (nSPS) is 15.8. The topological polar surface area (TPSA) is 51.9 Å². The lowest BCUT2D eigenvalue weighted by Crippen LogP contribution is -2.33. The van der Waals surface area contributed by atoms with Gasteiger partial charge in [-0.25, -0.2) is 0 Å². The van der Waals surface area contributed by atoms with Gasteiger partial charge in [-0.1, -0.05) is 6.07 Å². The van der Waals surface area contributed by atoms with Gasteiger partial charge >= 0.3 is 0 Å². The van der Waals surface area contributed by atoms with Gasteiger partial charge in [-0.3, -0.25) is 4.79 Å². The smallest absolute Gasteiger partial charge is 0.231 e. The summed E-state index contributed by atoms with van der Waals surface area (Å²) in [7, 11) is 0. The highest BCUT2D eigenvalue weighted by Crippen LogP contribution is 2.33. The zero-order valence-electron chi connectivity index (χ0n) is 12.2. The minimum Gasteiger partial charge on any atom is -0.467 e. The molecule has 5 nitrogen and oxygen atoms in total. The average molecular weight is 299 g/mol. The Kier molecular flexibility index (Phi) is 3.25. The number of hydrogen-bond donors (Lipinski definition) is 0. The monoisotopic (exact) mass is 299 g/mol. The van der Waals surface area contributed by atoms with Crippen LogP contribution >= 0.6 is 0 Å². The summed E-state index contributed by atoms with van der Waals surface area (Å²) in [4.78, 5) is 14.6. The molecule has 2 aromatic rings. The van der Waals surface area contributed by atoms with Crippen molar-refractivity contribution in [2.75, 3.05) is 6.79 Å². The SMILES string of the molecule is O=C(Cc1ccc2c(c1)OCO2)N(Cc1ccco1)C1CC1. The Morgan fingerprint density at radius 3 is 2.82 bits per heavy atom. The Morgan fingerprint density at radius 2 is 2.05 bits per heavy atom. The van der Waals surface area contributed by atoms with Crippen LogP contribution in [0.2, 0.25) is 0 Å². The zero-order chi connectivity index (χ0) is 14.9. The van der Waals surface area contributed by atoms with Gasteiger partial charge in [-0.05, 0) is 42.7 Å². The quantitative estimate of drug-likeness (QED) is 0.852. The van der Waals surface area contributed by atoms with Gasteiger partial charge in [0.1, 0.15) is 5.76 Å². The van der Waals surface area contributed by atoms with Crippen LogP contribution in [0.3, 0.4) is 0 Å². The Morgan fingerprint density at radius 1 is 1.18 bits per heavy atom. The van der Waals surface area contributed by atoms with Crippen molar-refractivity contribution >= 4 is 5.91 Å². The Bertz CT molecular complexity index is 676. The number of ether oxygens (including phenoxy) is 2. The van der Waals surface area contributed by atoms with Gasteiger partial charge < -0.3 is 18.8 Å². The molecule has 1 aliphatic heterocycles. The molecule has 0 saturated heterocycles. The first-order chi connectivity index (χ1) is 10.8. The van der Waals surface area contributed by atoms with Gasteiger partial charge in [-0.15, -0.1) is 0 Å². The van der Waals surface area contributed by atoms with Crippen LogP contribution in [-0.4, -0.2) is 23.6 Å². The number of fused-ring (bicyclic) bond motifs is 1. The number of amides is 1. The summed E-state index contributed by atoms with van der Waals surface area (Å²) >= 11 is 0. The Hall–Kier alpha value is -2.43. The average Bonchev–Trinajstić information content (AvgIpc) is 3.03. The molecular formula is C17H17NO4. The number of nitrogens with zero attached hydrogens (tertiary/aromatic N) is 1.